The van der Waals surface area contributed by atoms with Crippen molar-refractivity contribution in [1.82, 2.24) is 9.97 Å². The van der Waals surface area contributed by atoms with Crippen LogP contribution in [0.1, 0.15) is 17.5 Å². The van der Waals surface area contributed by atoms with Gasteiger partial charge in [-0.05, 0) is 60.9 Å². The number of hydrogen-bond donors (Lipinski definition) is 2. The number of aromatic amines is 1. The van der Waals surface area contributed by atoms with E-state index in [0.717, 1.165) is 48.5 Å². The molecule has 0 radical (unpaired) electrons. The molecule has 1 saturated heterocycles. The minimum absolute atomic E-state index is 0.184. The molecule has 2 aromatic carbocycles. The summed E-state index contributed by atoms with van der Waals surface area (Å²) in [5.41, 5.74) is 5.86. The second-order valence-electron chi connectivity index (χ2n) is 8.58. The highest BCUT2D eigenvalue weighted by Gasteiger charge is 2.28. The summed E-state index contributed by atoms with van der Waals surface area (Å²) >= 11 is 1.52. The molecule has 0 aliphatic carbocycles. The van der Waals surface area contributed by atoms with E-state index < -0.39 is 10.0 Å². The first-order valence-electron chi connectivity index (χ1n) is 11.2. The van der Waals surface area contributed by atoms with E-state index in [1.54, 1.807) is 6.20 Å². The summed E-state index contributed by atoms with van der Waals surface area (Å²) in [6.45, 7) is 2.56. The van der Waals surface area contributed by atoms with Crippen molar-refractivity contribution in [2.45, 2.75) is 13.3 Å². The highest BCUT2D eigenvalue weighted by molar-refractivity contribution is 7.93. The van der Waals surface area contributed by atoms with Crippen molar-refractivity contribution in [2.24, 2.45) is 0 Å². The van der Waals surface area contributed by atoms with Gasteiger partial charge in [0.05, 0.1) is 22.7 Å². The average molecular weight is 500 g/mol. The van der Waals surface area contributed by atoms with Gasteiger partial charge in [0, 0.05) is 45.8 Å². The molecule has 0 bridgehead atoms. The Balaban J connectivity index is 1.44. The molecule has 1 aliphatic heterocycles. The molecule has 0 atom stereocenters. The molecule has 4 heterocycles. The van der Waals surface area contributed by atoms with Crippen LogP contribution in [0.3, 0.4) is 0 Å². The summed E-state index contributed by atoms with van der Waals surface area (Å²) in [6, 6.07) is 18.0. The van der Waals surface area contributed by atoms with Gasteiger partial charge in [-0.15, -0.1) is 11.3 Å². The van der Waals surface area contributed by atoms with Crippen molar-refractivity contribution in [2.75, 3.05) is 21.9 Å². The van der Waals surface area contributed by atoms with Gasteiger partial charge in [0.2, 0.25) is 10.0 Å². The van der Waals surface area contributed by atoms with E-state index in [4.69, 9.17) is 0 Å². The third-order valence-electron chi connectivity index (χ3n) is 6.46. The summed E-state index contributed by atoms with van der Waals surface area (Å²) in [5, 5.41) is 15.3. The number of hydrogen-bond acceptors (Lipinski definition) is 6. The Kier molecular flexibility index (Phi) is 5.02. The van der Waals surface area contributed by atoms with E-state index in [1.165, 1.54) is 15.6 Å². The van der Waals surface area contributed by atoms with Crippen molar-refractivity contribution in [3.63, 3.8) is 0 Å². The zero-order chi connectivity index (χ0) is 24.2. The van der Waals surface area contributed by atoms with Crippen molar-refractivity contribution >= 4 is 59.5 Å². The Bertz CT molecular complexity index is 1760. The zero-order valence-corrected chi connectivity index (χ0v) is 20.5. The quantitative estimate of drug-likeness (QED) is 0.320. The Morgan fingerprint density at radius 2 is 2.06 bits per heavy atom. The molecule has 6 rings (SSSR count). The molecule has 1 fully saturated rings. The number of anilines is 3. The number of benzene rings is 2. The lowest BCUT2D eigenvalue weighted by Crippen LogP contribution is -2.24. The largest absolute Gasteiger partial charge is 0.361 e. The summed E-state index contributed by atoms with van der Waals surface area (Å²) in [6.07, 6.45) is 4.15. The van der Waals surface area contributed by atoms with Gasteiger partial charge < -0.3 is 10.3 Å². The number of H-pyrrole nitrogens is 1. The maximum atomic E-state index is 12.4. The number of fused-ring (bicyclic) bond motifs is 2. The molecule has 0 spiro atoms. The number of thiophene rings is 1. The molecule has 35 heavy (non-hydrogen) atoms. The van der Waals surface area contributed by atoms with Crippen LogP contribution in [0.4, 0.5) is 17.1 Å². The first-order chi connectivity index (χ1) is 16.9. The Morgan fingerprint density at radius 3 is 2.86 bits per heavy atom. The first kappa shape index (κ1) is 21.6. The maximum absolute atomic E-state index is 12.4. The van der Waals surface area contributed by atoms with Gasteiger partial charge in [0.25, 0.3) is 0 Å². The number of pyridine rings is 1. The lowest BCUT2D eigenvalue weighted by Gasteiger charge is -2.17. The van der Waals surface area contributed by atoms with Crippen LogP contribution in [-0.4, -0.2) is 30.7 Å². The lowest BCUT2D eigenvalue weighted by molar-refractivity contribution is 0.599. The molecule has 0 saturated carbocycles. The topological polar surface area (TPSA) is 102 Å². The third kappa shape index (κ3) is 3.62. The van der Waals surface area contributed by atoms with Gasteiger partial charge in [-0.3, -0.25) is 4.31 Å². The lowest BCUT2D eigenvalue weighted by atomic mass is 10.1. The Labute approximate surface area is 206 Å². The SMILES string of the molecule is Cc1c(Nc2c(C#N)cnc3sc(-c4cccc(N5CCCS5(=O)=O)c4)cc23)ccc2[nH]ccc12. The molecule has 7 nitrogen and oxygen atoms in total. The van der Waals surface area contributed by atoms with E-state index in [1.807, 2.05) is 54.7 Å². The predicted molar refractivity (Wildman–Crippen MR) is 142 cm³/mol. The van der Waals surface area contributed by atoms with Gasteiger partial charge in [0.1, 0.15) is 10.9 Å². The zero-order valence-electron chi connectivity index (χ0n) is 18.9. The number of aryl methyl sites for hydroxylation is 1. The number of sulfonamides is 1. The fourth-order valence-corrected chi connectivity index (χ4v) is 7.21. The van der Waals surface area contributed by atoms with Crippen LogP contribution in [0.25, 0.3) is 31.6 Å². The van der Waals surface area contributed by atoms with Crippen LogP contribution in [0, 0.1) is 18.3 Å². The second-order valence-corrected chi connectivity index (χ2v) is 11.6. The number of rotatable bonds is 4. The van der Waals surface area contributed by atoms with Crippen LogP contribution in [0.15, 0.2) is 60.9 Å². The predicted octanol–water partition coefficient (Wildman–Crippen LogP) is 5.91. The van der Waals surface area contributed by atoms with Gasteiger partial charge in [-0.1, -0.05) is 12.1 Å². The molecule has 0 amide bonds. The summed E-state index contributed by atoms with van der Waals surface area (Å²) in [7, 11) is -3.25. The molecule has 1 aliphatic rings. The Hall–Kier alpha value is -3.87. The van der Waals surface area contributed by atoms with E-state index in [0.29, 0.717) is 24.2 Å². The van der Waals surface area contributed by atoms with Crippen molar-refractivity contribution in [3.8, 4) is 16.5 Å². The Morgan fingerprint density at radius 1 is 1.17 bits per heavy atom. The van der Waals surface area contributed by atoms with Gasteiger partial charge in [-0.25, -0.2) is 13.4 Å². The van der Waals surface area contributed by atoms with E-state index in [2.05, 4.69) is 28.3 Å². The minimum Gasteiger partial charge on any atom is -0.361 e. The molecule has 9 heteroatoms. The molecular formula is C26H21N5O2S2. The number of nitrogens with one attached hydrogen (secondary N) is 2. The molecule has 5 aromatic rings. The maximum Gasteiger partial charge on any atom is 0.235 e. The second kappa shape index (κ2) is 8.12. The van der Waals surface area contributed by atoms with Crippen LogP contribution in [0.2, 0.25) is 0 Å². The minimum atomic E-state index is -3.25. The molecule has 3 aromatic heterocycles. The highest BCUT2D eigenvalue weighted by atomic mass is 32.2. The van der Waals surface area contributed by atoms with Gasteiger partial charge >= 0.3 is 0 Å². The first-order valence-corrected chi connectivity index (χ1v) is 13.6. The average Bonchev–Trinajstić information content (AvgIpc) is 3.59. The van der Waals surface area contributed by atoms with E-state index >= 15 is 0 Å². The van der Waals surface area contributed by atoms with Crippen LogP contribution in [0.5, 0.6) is 0 Å². The molecular weight excluding hydrogens is 478 g/mol. The fraction of sp³-hybridized carbons (Fsp3) is 0.154. The fourth-order valence-electron chi connectivity index (χ4n) is 4.65. The molecule has 174 valence electrons. The van der Waals surface area contributed by atoms with Crippen LogP contribution < -0.4 is 9.62 Å². The molecule has 2 N–H and O–H groups in total. The van der Waals surface area contributed by atoms with Crippen LogP contribution >= 0.6 is 11.3 Å². The normalized spacial score (nSPS) is 15.0. The monoisotopic (exact) mass is 499 g/mol. The van der Waals surface area contributed by atoms with Crippen molar-refractivity contribution in [1.29, 1.82) is 5.26 Å². The number of nitrogens with zero attached hydrogens (tertiary/aromatic N) is 3. The number of aromatic nitrogens is 2. The number of nitriles is 1. The van der Waals surface area contributed by atoms with E-state index in [-0.39, 0.29) is 5.75 Å². The summed E-state index contributed by atoms with van der Waals surface area (Å²) < 4.78 is 26.3. The third-order valence-corrected chi connectivity index (χ3v) is 9.43. The standard InChI is InChI=1S/C26H21N5O2S2/c1-16-20-8-9-28-23(20)7-6-22(16)30-25-18(14-27)15-29-26-21(25)13-24(34-26)17-4-2-5-19(12-17)31-10-3-11-35(31,32)33/h2,4-9,12-13,15,28H,3,10-11H2,1H3,(H,29,30). The smallest absolute Gasteiger partial charge is 0.235 e. The van der Waals surface area contributed by atoms with Gasteiger partial charge in [0.15, 0.2) is 0 Å². The molecule has 0 unspecified atom stereocenters. The van der Waals surface area contributed by atoms with Crippen LogP contribution in [-0.2, 0) is 10.0 Å². The van der Waals surface area contributed by atoms with Crippen molar-refractivity contribution in [3.05, 3.63) is 72.1 Å². The summed E-state index contributed by atoms with van der Waals surface area (Å²) in [4.78, 5) is 9.52. The van der Waals surface area contributed by atoms with Crippen molar-refractivity contribution < 1.29 is 8.42 Å². The highest BCUT2D eigenvalue weighted by Crippen LogP contribution is 2.40. The van der Waals surface area contributed by atoms with Gasteiger partial charge in [-0.2, -0.15) is 5.26 Å². The van der Waals surface area contributed by atoms with E-state index in [9.17, 15) is 13.7 Å². The summed E-state index contributed by atoms with van der Waals surface area (Å²) in [5.74, 6) is 0.184.